The molecule has 0 N–H and O–H groups in total. The Bertz CT molecular complexity index is 749. The lowest BCUT2D eigenvalue weighted by Gasteiger charge is -2.25. The summed E-state index contributed by atoms with van der Waals surface area (Å²) in [5, 5.41) is 0. The lowest BCUT2D eigenvalue weighted by molar-refractivity contribution is -0.137. The number of unbranched alkanes of at least 4 members (excludes halogenated alkanes) is 1. The van der Waals surface area contributed by atoms with Crippen molar-refractivity contribution in [1.82, 2.24) is 9.97 Å². The molecule has 0 spiro atoms. The highest BCUT2D eigenvalue weighted by atomic mass is 19.4. The van der Waals surface area contributed by atoms with Gasteiger partial charge in [0, 0.05) is 18.9 Å². The van der Waals surface area contributed by atoms with E-state index in [0.29, 0.717) is 12.1 Å². The quantitative estimate of drug-likeness (QED) is 0.581. The van der Waals surface area contributed by atoms with E-state index in [1.54, 1.807) is 7.05 Å². The minimum absolute atomic E-state index is 0.0507. The van der Waals surface area contributed by atoms with Crippen LogP contribution in [0.15, 0.2) is 30.5 Å². The molecule has 27 heavy (non-hydrogen) atoms. The normalized spacial score (nSPS) is 12.7. The predicted octanol–water partition coefficient (Wildman–Crippen LogP) is 5.78. The Kier molecular flexibility index (Phi) is 7.05. The molecular formula is C20H26F3N3O. The van der Waals surface area contributed by atoms with Crippen molar-refractivity contribution in [3.05, 3.63) is 41.6 Å². The second-order valence-electron chi connectivity index (χ2n) is 6.52. The van der Waals surface area contributed by atoms with E-state index in [1.807, 2.05) is 38.1 Å². The average Bonchev–Trinajstić information content (AvgIpc) is 2.65. The van der Waals surface area contributed by atoms with E-state index >= 15 is 0 Å². The molecule has 1 heterocycles. The van der Waals surface area contributed by atoms with Gasteiger partial charge in [0.2, 0.25) is 0 Å². The number of alkyl halides is 3. The number of rotatable bonds is 8. The van der Waals surface area contributed by atoms with E-state index in [9.17, 15) is 13.2 Å². The summed E-state index contributed by atoms with van der Waals surface area (Å²) in [7, 11) is 1.59. The number of ether oxygens (including phenoxy) is 1. The molecule has 0 saturated carbocycles. The van der Waals surface area contributed by atoms with Crippen LogP contribution in [0.2, 0.25) is 0 Å². The molecular weight excluding hydrogens is 355 g/mol. The number of aromatic nitrogens is 2. The molecule has 0 fully saturated rings. The number of para-hydroxylation sites is 1. The largest absolute Gasteiger partial charge is 0.460 e. The van der Waals surface area contributed by atoms with Gasteiger partial charge in [0.25, 0.3) is 0 Å². The highest BCUT2D eigenvalue weighted by Gasteiger charge is 2.37. The Morgan fingerprint density at radius 2 is 1.89 bits per heavy atom. The van der Waals surface area contributed by atoms with E-state index in [4.69, 9.17) is 4.74 Å². The second-order valence-corrected chi connectivity index (χ2v) is 6.52. The molecule has 1 atom stereocenters. The van der Waals surface area contributed by atoms with Crippen molar-refractivity contribution < 1.29 is 17.9 Å². The van der Waals surface area contributed by atoms with Gasteiger partial charge in [-0.1, -0.05) is 38.5 Å². The van der Waals surface area contributed by atoms with Crippen molar-refractivity contribution in [2.75, 3.05) is 11.9 Å². The van der Waals surface area contributed by atoms with Crippen LogP contribution in [0.4, 0.5) is 24.7 Å². The molecule has 1 aromatic carbocycles. The Hall–Kier alpha value is -2.31. The molecule has 2 rings (SSSR count). The summed E-state index contributed by atoms with van der Waals surface area (Å²) < 4.78 is 46.2. The molecule has 0 saturated heterocycles. The molecule has 1 aromatic heterocycles. The third kappa shape index (κ3) is 5.34. The lowest BCUT2D eigenvalue weighted by atomic mass is 10.1. The molecule has 148 valence electrons. The maximum absolute atomic E-state index is 13.5. The maximum Gasteiger partial charge on any atom is 0.421 e. The summed E-state index contributed by atoms with van der Waals surface area (Å²) in [6.45, 7) is 5.83. The summed E-state index contributed by atoms with van der Waals surface area (Å²) >= 11 is 0. The summed E-state index contributed by atoms with van der Waals surface area (Å²) in [5.41, 5.74) is 0.800. The fourth-order valence-corrected chi connectivity index (χ4v) is 2.66. The van der Waals surface area contributed by atoms with E-state index in [2.05, 4.69) is 16.9 Å². The van der Waals surface area contributed by atoms with Crippen LogP contribution in [-0.4, -0.2) is 23.1 Å². The number of hydrogen-bond acceptors (Lipinski definition) is 4. The van der Waals surface area contributed by atoms with Crippen LogP contribution in [-0.2, 0) is 12.6 Å². The number of halogens is 3. The maximum atomic E-state index is 13.5. The monoisotopic (exact) mass is 381 g/mol. The van der Waals surface area contributed by atoms with Crippen LogP contribution in [0.5, 0.6) is 6.01 Å². The Morgan fingerprint density at radius 3 is 2.52 bits per heavy atom. The smallest absolute Gasteiger partial charge is 0.421 e. The van der Waals surface area contributed by atoms with Gasteiger partial charge in [0.15, 0.2) is 5.82 Å². The van der Waals surface area contributed by atoms with Crippen LogP contribution >= 0.6 is 0 Å². The van der Waals surface area contributed by atoms with Crippen molar-refractivity contribution >= 4 is 11.5 Å². The van der Waals surface area contributed by atoms with Gasteiger partial charge in [-0.2, -0.15) is 18.2 Å². The van der Waals surface area contributed by atoms with E-state index < -0.39 is 11.7 Å². The number of hydrogen-bond donors (Lipinski definition) is 0. The Morgan fingerprint density at radius 1 is 1.19 bits per heavy atom. The van der Waals surface area contributed by atoms with Gasteiger partial charge < -0.3 is 9.64 Å². The van der Waals surface area contributed by atoms with Crippen molar-refractivity contribution in [1.29, 1.82) is 0 Å². The third-order valence-electron chi connectivity index (χ3n) is 4.40. The first kappa shape index (κ1) is 21.0. The number of benzene rings is 1. The van der Waals surface area contributed by atoms with Crippen molar-refractivity contribution in [3.8, 4) is 6.01 Å². The minimum Gasteiger partial charge on any atom is -0.460 e. The minimum atomic E-state index is -4.56. The van der Waals surface area contributed by atoms with Crippen molar-refractivity contribution in [2.45, 2.75) is 58.7 Å². The Labute approximate surface area is 158 Å². The molecule has 0 aliphatic carbocycles. The molecule has 0 amide bonds. The highest BCUT2D eigenvalue weighted by molar-refractivity contribution is 5.66. The fraction of sp³-hybridized carbons (Fsp3) is 0.500. The second kappa shape index (κ2) is 9.06. The SMILES string of the molecule is CCCCc1ccccc1N(C)c1nc(OC(C)CC)ncc1C(F)(F)F. The van der Waals surface area contributed by atoms with Crippen molar-refractivity contribution in [3.63, 3.8) is 0 Å². The fourth-order valence-electron chi connectivity index (χ4n) is 2.66. The summed E-state index contributed by atoms with van der Waals surface area (Å²) in [6.07, 6.45) is -0.483. The topological polar surface area (TPSA) is 38.2 Å². The van der Waals surface area contributed by atoms with E-state index in [-0.39, 0.29) is 17.9 Å². The summed E-state index contributed by atoms with van der Waals surface area (Å²) in [6, 6.07) is 7.40. The zero-order chi connectivity index (χ0) is 20.0. The predicted molar refractivity (Wildman–Crippen MR) is 101 cm³/mol. The van der Waals surface area contributed by atoms with Crippen LogP contribution in [0, 0.1) is 0 Å². The van der Waals surface area contributed by atoms with Crippen LogP contribution in [0.25, 0.3) is 0 Å². The zero-order valence-electron chi connectivity index (χ0n) is 16.2. The molecule has 2 aromatic rings. The number of aryl methyl sites for hydroxylation is 1. The van der Waals surface area contributed by atoms with Gasteiger partial charge in [-0.3, -0.25) is 0 Å². The van der Waals surface area contributed by atoms with Gasteiger partial charge in [-0.25, -0.2) is 4.98 Å². The Balaban J connectivity index is 2.49. The molecule has 0 radical (unpaired) electrons. The summed E-state index contributed by atoms with van der Waals surface area (Å²) in [5.74, 6) is -0.209. The van der Waals surface area contributed by atoms with E-state index in [0.717, 1.165) is 31.0 Å². The molecule has 1 unspecified atom stereocenters. The van der Waals surface area contributed by atoms with Crippen molar-refractivity contribution in [2.24, 2.45) is 0 Å². The van der Waals surface area contributed by atoms with Gasteiger partial charge >= 0.3 is 12.2 Å². The number of anilines is 2. The molecule has 0 bridgehead atoms. The molecule has 0 aliphatic rings. The first-order valence-corrected chi connectivity index (χ1v) is 9.20. The summed E-state index contributed by atoms with van der Waals surface area (Å²) in [4.78, 5) is 9.33. The lowest BCUT2D eigenvalue weighted by Crippen LogP contribution is -2.21. The van der Waals surface area contributed by atoms with Gasteiger partial charge in [0.05, 0.1) is 6.10 Å². The number of nitrogens with zero attached hydrogens (tertiary/aromatic N) is 3. The third-order valence-corrected chi connectivity index (χ3v) is 4.40. The molecule has 4 nitrogen and oxygen atoms in total. The van der Waals surface area contributed by atoms with Gasteiger partial charge in [0.1, 0.15) is 5.56 Å². The average molecular weight is 381 g/mol. The highest BCUT2D eigenvalue weighted by Crippen LogP contribution is 2.38. The first-order chi connectivity index (χ1) is 12.8. The van der Waals surface area contributed by atoms with Crippen LogP contribution in [0.1, 0.15) is 51.2 Å². The molecule has 7 heteroatoms. The van der Waals surface area contributed by atoms with Crippen LogP contribution < -0.4 is 9.64 Å². The first-order valence-electron chi connectivity index (χ1n) is 9.20. The standard InChI is InChI=1S/C20H26F3N3O/c1-5-7-10-15-11-8-9-12-17(15)26(4)18-16(20(21,22)23)13-24-19(25-18)27-14(3)6-2/h8-9,11-14H,5-7,10H2,1-4H3. The van der Waals surface area contributed by atoms with E-state index in [1.165, 1.54) is 4.90 Å². The van der Waals surface area contributed by atoms with Gasteiger partial charge in [-0.05, 0) is 37.8 Å². The molecule has 0 aliphatic heterocycles. The van der Waals surface area contributed by atoms with Gasteiger partial charge in [-0.15, -0.1) is 0 Å². The van der Waals surface area contributed by atoms with Crippen LogP contribution in [0.3, 0.4) is 0 Å². The zero-order valence-corrected chi connectivity index (χ0v) is 16.2.